The first kappa shape index (κ1) is 11.8. The minimum atomic E-state index is 0.789. The van der Waals surface area contributed by atoms with E-state index in [9.17, 15) is 0 Å². The van der Waals surface area contributed by atoms with E-state index in [0.717, 1.165) is 17.8 Å². The van der Waals surface area contributed by atoms with E-state index in [-0.39, 0.29) is 0 Å². The molecule has 1 rings (SSSR count). The maximum Gasteiger partial charge on any atom is 0.00510 e. The lowest BCUT2D eigenvalue weighted by molar-refractivity contribution is 0.288. The van der Waals surface area contributed by atoms with E-state index >= 15 is 0 Å². The topological polar surface area (TPSA) is 0 Å². The largest absolute Gasteiger partial charge is 0.146 e. The van der Waals surface area contributed by atoms with Gasteiger partial charge in [0.25, 0.3) is 0 Å². The predicted molar refractivity (Wildman–Crippen MR) is 65.9 cm³/mol. The van der Waals surface area contributed by atoms with Crippen molar-refractivity contribution < 1.29 is 0 Å². The van der Waals surface area contributed by atoms with Gasteiger partial charge >= 0.3 is 0 Å². The molecule has 0 aliphatic heterocycles. The molecule has 0 unspecified atom stereocenters. The van der Waals surface area contributed by atoms with Gasteiger partial charge in [0.1, 0.15) is 0 Å². The van der Waals surface area contributed by atoms with Gasteiger partial charge in [0.15, 0.2) is 0 Å². The fraction of sp³-hybridized carbons (Fsp3) is 0.692. The summed E-state index contributed by atoms with van der Waals surface area (Å²) in [5, 5.41) is 0. The second kappa shape index (κ2) is 4.97. The molecule has 1 aromatic heterocycles. The van der Waals surface area contributed by atoms with E-state index in [4.69, 9.17) is 0 Å². The van der Waals surface area contributed by atoms with Crippen LogP contribution in [-0.4, -0.2) is 0 Å². The van der Waals surface area contributed by atoms with Gasteiger partial charge in [-0.15, -0.1) is 11.3 Å². The van der Waals surface area contributed by atoms with Crippen LogP contribution in [0.5, 0.6) is 0 Å². The van der Waals surface area contributed by atoms with Gasteiger partial charge in [0.05, 0.1) is 0 Å². The summed E-state index contributed by atoms with van der Waals surface area (Å²) >= 11 is 1.95. The Hall–Kier alpha value is -0.300. The smallest absolute Gasteiger partial charge is 0.00510 e. The minimum Gasteiger partial charge on any atom is -0.146 e. The Balaban J connectivity index is 2.64. The van der Waals surface area contributed by atoms with Crippen LogP contribution in [0.2, 0.25) is 0 Å². The molecule has 0 saturated heterocycles. The van der Waals surface area contributed by atoms with Crippen LogP contribution in [0.4, 0.5) is 0 Å². The number of hydrogen-bond acceptors (Lipinski definition) is 1. The normalized spacial score (nSPS) is 12.0. The molecule has 1 heteroatoms. The average Bonchev–Trinajstić information content (AvgIpc) is 2.46. The van der Waals surface area contributed by atoms with Crippen LogP contribution in [0.3, 0.4) is 0 Å². The molecule has 0 saturated carbocycles. The average molecular weight is 210 g/mol. The van der Waals surface area contributed by atoms with Gasteiger partial charge in [-0.2, -0.15) is 0 Å². The molecular formula is C13H22S. The molecule has 0 nitrogen and oxygen atoms in total. The molecule has 0 atom stereocenters. The molecular weight excluding hydrogens is 188 g/mol. The van der Waals surface area contributed by atoms with E-state index in [2.05, 4.69) is 46.8 Å². The lowest BCUT2D eigenvalue weighted by Gasteiger charge is -2.24. The Kier molecular flexibility index (Phi) is 4.18. The van der Waals surface area contributed by atoms with Gasteiger partial charge in [-0.3, -0.25) is 0 Å². The van der Waals surface area contributed by atoms with Crippen molar-refractivity contribution >= 4 is 11.3 Å². The maximum atomic E-state index is 2.34. The molecule has 0 aliphatic carbocycles. The first-order chi connectivity index (χ1) is 6.50. The molecule has 0 bridgehead atoms. The van der Waals surface area contributed by atoms with E-state index in [1.54, 1.807) is 4.88 Å². The van der Waals surface area contributed by atoms with Crippen molar-refractivity contribution in [2.75, 3.05) is 0 Å². The molecule has 0 N–H and O–H groups in total. The number of thiophene rings is 1. The Bertz CT molecular complexity index is 263. The summed E-state index contributed by atoms with van der Waals surface area (Å²) in [7, 11) is 0. The molecule has 0 aliphatic rings. The van der Waals surface area contributed by atoms with E-state index < -0.39 is 0 Å². The van der Waals surface area contributed by atoms with Gasteiger partial charge in [-0.25, -0.2) is 0 Å². The third-order valence-electron chi connectivity index (χ3n) is 2.95. The van der Waals surface area contributed by atoms with Crippen LogP contribution < -0.4 is 0 Å². The second-order valence-electron chi connectivity index (χ2n) is 4.87. The van der Waals surface area contributed by atoms with Gasteiger partial charge < -0.3 is 0 Å². The lowest BCUT2D eigenvalue weighted by atomic mass is 9.83. The Morgan fingerprint density at radius 3 is 2.00 bits per heavy atom. The lowest BCUT2D eigenvalue weighted by Crippen LogP contribution is -2.17. The number of hydrogen-bond donors (Lipinski definition) is 0. The van der Waals surface area contributed by atoms with Crippen LogP contribution in [0, 0.1) is 24.7 Å². The zero-order valence-corrected chi connectivity index (χ0v) is 10.8. The predicted octanol–water partition coefficient (Wildman–Crippen LogP) is 4.53. The summed E-state index contributed by atoms with van der Waals surface area (Å²) in [6, 6.07) is 4.52. The van der Waals surface area contributed by atoms with E-state index in [0.29, 0.717) is 0 Å². The molecule has 0 radical (unpaired) electrons. The SMILES string of the molecule is Cc1ccc(CC(C(C)C)C(C)C)s1. The van der Waals surface area contributed by atoms with Crippen molar-refractivity contribution in [2.24, 2.45) is 17.8 Å². The molecule has 0 aromatic carbocycles. The first-order valence-corrected chi connectivity index (χ1v) is 6.37. The van der Waals surface area contributed by atoms with E-state index in [1.807, 2.05) is 11.3 Å². The highest BCUT2D eigenvalue weighted by Crippen LogP contribution is 2.27. The van der Waals surface area contributed by atoms with E-state index in [1.165, 1.54) is 11.3 Å². The monoisotopic (exact) mass is 210 g/mol. The summed E-state index contributed by atoms with van der Waals surface area (Å²) in [5.74, 6) is 2.41. The fourth-order valence-corrected chi connectivity index (χ4v) is 3.03. The zero-order chi connectivity index (χ0) is 10.7. The van der Waals surface area contributed by atoms with Crippen molar-refractivity contribution in [3.05, 3.63) is 21.9 Å². The van der Waals surface area contributed by atoms with Gasteiger partial charge in [0, 0.05) is 9.75 Å². The van der Waals surface area contributed by atoms with Crippen molar-refractivity contribution in [3.63, 3.8) is 0 Å². The second-order valence-corrected chi connectivity index (χ2v) is 6.24. The van der Waals surface area contributed by atoms with Crippen LogP contribution in [-0.2, 0) is 6.42 Å². The van der Waals surface area contributed by atoms with Crippen molar-refractivity contribution in [3.8, 4) is 0 Å². The summed E-state index contributed by atoms with van der Waals surface area (Å²) in [6.45, 7) is 11.5. The molecule has 1 aromatic rings. The van der Waals surface area contributed by atoms with Crippen LogP contribution in [0.25, 0.3) is 0 Å². The first-order valence-electron chi connectivity index (χ1n) is 5.56. The molecule has 0 amide bonds. The standard InChI is InChI=1S/C13H22S/c1-9(2)13(10(3)4)8-12-7-6-11(5)14-12/h6-7,9-10,13H,8H2,1-5H3. The molecule has 1 heterocycles. The van der Waals surface area contributed by atoms with Crippen LogP contribution in [0.1, 0.15) is 37.4 Å². The van der Waals surface area contributed by atoms with Crippen molar-refractivity contribution in [1.29, 1.82) is 0 Å². The Morgan fingerprint density at radius 2 is 1.64 bits per heavy atom. The third-order valence-corrected chi connectivity index (χ3v) is 3.97. The van der Waals surface area contributed by atoms with Crippen molar-refractivity contribution in [1.82, 2.24) is 0 Å². The van der Waals surface area contributed by atoms with Gasteiger partial charge in [-0.05, 0) is 43.2 Å². The molecule has 80 valence electrons. The molecule has 0 fully saturated rings. The Labute approximate surface area is 92.4 Å². The van der Waals surface area contributed by atoms with Gasteiger partial charge in [0.2, 0.25) is 0 Å². The van der Waals surface area contributed by atoms with Crippen LogP contribution >= 0.6 is 11.3 Å². The summed E-state index contributed by atoms with van der Waals surface area (Å²) < 4.78 is 0. The number of rotatable bonds is 4. The highest BCUT2D eigenvalue weighted by atomic mass is 32.1. The fourth-order valence-electron chi connectivity index (χ4n) is 2.07. The molecule has 0 spiro atoms. The van der Waals surface area contributed by atoms with Crippen molar-refractivity contribution in [2.45, 2.75) is 41.0 Å². The quantitative estimate of drug-likeness (QED) is 0.685. The maximum absolute atomic E-state index is 2.34. The Morgan fingerprint density at radius 1 is 1.07 bits per heavy atom. The highest BCUT2D eigenvalue weighted by Gasteiger charge is 2.18. The molecule has 14 heavy (non-hydrogen) atoms. The zero-order valence-electron chi connectivity index (χ0n) is 10.0. The van der Waals surface area contributed by atoms with Gasteiger partial charge in [-0.1, -0.05) is 27.7 Å². The minimum absolute atomic E-state index is 0.789. The summed E-state index contributed by atoms with van der Waals surface area (Å²) in [5.41, 5.74) is 0. The van der Waals surface area contributed by atoms with Crippen LogP contribution in [0.15, 0.2) is 12.1 Å². The summed E-state index contributed by atoms with van der Waals surface area (Å²) in [6.07, 6.45) is 1.26. The highest BCUT2D eigenvalue weighted by molar-refractivity contribution is 7.11. The number of aryl methyl sites for hydroxylation is 1. The summed E-state index contributed by atoms with van der Waals surface area (Å²) in [4.78, 5) is 2.99. The third kappa shape index (κ3) is 3.13.